The van der Waals surface area contributed by atoms with Crippen molar-refractivity contribution in [3.05, 3.63) is 29.3 Å². The SMILES string of the molecule is CC(C)NC(=O)CCN(c1c(C(C)C)cccc1C(C)C)S(C)(=O)=O. The third-order valence-corrected chi connectivity index (χ3v) is 5.15. The molecule has 142 valence electrons. The second kappa shape index (κ2) is 8.70. The number of nitrogens with zero attached hydrogens (tertiary/aromatic N) is 1. The molecule has 0 fully saturated rings. The maximum absolute atomic E-state index is 12.5. The molecule has 0 aliphatic rings. The maximum Gasteiger partial charge on any atom is 0.232 e. The molecule has 0 atom stereocenters. The number of carbonyl (C=O) groups excluding carboxylic acids is 1. The Hall–Kier alpha value is -1.56. The molecule has 0 spiro atoms. The highest BCUT2D eigenvalue weighted by atomic mass is 32.2. The van der Waals surface area contributed by atoms with E-state index in [1.807, 2.05) is 32.0 Å². The molecule has 1 rings (SSSR count). The van der Waals surface area contributed by atoms with Gasteiger partial charge in [-0.25, -0.2) is 8.42 Å². The molecular formula is C19H32N2O3S. The third kappa shape index (κ3) is 6.03. The molecule has 0 radical (unpaired) electrons. The molecule has 1 N–H and O–H groups in total. The lowest BCUT2D eigenvalue weighted by Gasteiger charge is -2.30. The van der Waals surface area contributed by atoms with Gasteiger partial charge in [-0.2, -0.15) is 0 Å². The molecule has 1 amide bonds. The molecule has 25 heavy (non-hydrogen) atoms. The third-order valence-electron chi connectivity index (χ3n) is 3.98. The predicted octanol–water partition coefficient (Wildman–Crippen LogP) is 3.61. The zero-order valence-electron chi connectivity index (χ0n) is 16.5. The van der Waals surface area contributed by atoms with Crippen LogP contribution in [-0.4, -0.2) is 33.2 Å². The highest BCUT2D eigenvalue weighted by Gasteiger charge is 2.26. The average Bonchev–Trinajstić information content (AvgIpc) is 2.44. The Balaban J connectivity index is 3.35. The summed E-state index contributed by atoms with van der Waals surface area (Å²) in [7, 11) is -3.50. The van der Waals surface area contributed by atoms with Crippen molar-refractivity contribution in [1.82, 2.24) is 5.32 Å². The van der Waals surface area contributed by atoms with Crippen LogP contribution < -0.4 is 9.62 Å². The second-order valence-electron chi connectivity index (χ2n) is 7.40. The minimum atomic E-state index is -3.50. The number of para-hydroxylation sites is 1. The lowest BCUT2D eigenvalue weighted by Crippen LogP contribution is -2.37. The maximum atomic E-state index is 12.5. The number of amides is 1. The first-order valence-corrected chi connectivity index (χ1v) is 10.7. The molecule has 5 nitrogen and oxygen atoms in total. The van der Waals surface area contributed by atoms with E-state index in [-0.39, 0.29) is 36.8 Å². The fraction of sp³-hybridized carbons (Fsp3) is 0.632. The Bertz CT molecular complexity index is 668. The summed E-state index contributed by atoms with van der Waals surface area (Å²) in [6.07, 6.45) is 1.34. The average molecular weight is 369 g/mol. The molecule has 0 aromatic heterocycles. The lowest BCUT2D eigenvalue weighted by atomic mass is 9.92. The largest absolute Gasteiger partial charge is 0.354 e. The van der Waals surface area contributed by atoms with Crippen LogP contribution in [0.15, 0.2) is 18.2 Å². The van der Waals surface area contributed by atoms with Crippen molar-refractivity contribution in [3.8, 4) is 0 Å². The van der Waals surface area contributed by atoms with Crippen LogP contribution in [0.2, 0.25) is 0 Å². The van der Waals surface area contributed by atoms with E-state index in [1.165, 1.54) is 10.6 Å². The van der Waals surface area contributed by atoms with Gasteiger partial charge in [0.15, 0.2) is 0 Å². The normalized spacial score (nSPS) is 12.1. The van der Waals surface area contributed by atoms with E-state index in [2.05, 4.69) is 33.0 Å². The van der Waals surface area contributed by atoms with Crippen molar-refractivity contribution in [2.45, 2.75) is 65.8 Å². The van der Waals surface area contributed by atoms with Gasteiger partial charge in [0.1, 0.15) is 0 Å². The Labute approximate surface area is 152 Å². The molecule has 0 saturated heterocycles. The fourth-order valence-corrected chi connectivity index (χ4v) is 3.81. The Morgan fingerprint density at radius 1 is 1.04 bits per heavy atom. The molecule has 1 aromatic rings. The summed E-state index contributed by atoms with van der Waals surface area (Å²) in [5.41, 5.74) is 2.70. The number of anilines is 1. The summed E-state index contributed by atoms with van der Waals surface area (Å²) in [5, 5.41) is 2.82. The molecule has 0 aliphatic carbocycles. The van der Waals surface area contributed by atoms with Crippen LogP contribution in [0.1, 0.15) is 70.9 Å². The minimum absolute atomic E-state index is 0.0355. The second-order valence-corrected chi connectivity index (χ2v) is 9.31. The van der Waals surface area contributed by atoms with Crippen LogP contribution in [0.5, 0.6) is 0 Å². The quantitative estimate of drug-likeness (QED) is 0.762. The number of rotatable bonds is 8. The topological polar surface area (TPSA) is 66.5 Å². The first kappa shape index (κ1) is 21.5. The van der Waals surface area contributed by atoms with Crippen molar-refractivity contribution in [1.29, 1.82) is 0 Å². The van der Waals surface area contributed by atoms with Gasteiger partial charge >= 0.3 is 0 Å². The summed E-state index contributed by atoms with van der Waals surface area (Å²) in [6, 6.07) is 5.95. The van der Waals surface area contributed by atoms with Crippen LogP contribution in [0.4, 0.5) is 5.69 Å². The molecule has 6 heteroatoms. The number of hydrogen-bond donors (Lipinski definition) is 1. The number of carbonyl (C=O) groups is 1. The van der Waals surface area contributed by atoms with Crippen molar-refractivity contribution in [2.24, 2.45) is 0 Å². The van der Waals surface area contributed by atoms with Crippen molar-refractivity contribution >= 4 is 21.6 Å². The smallest absolute Gasteiger partial charge is 0.232 e. The molecule has 0 aliphatic heterocycles. The van der Waals surface area contributed by atoms with Gasteiger partial charge in [-0.3, -0.25) is 9.10 Å². The minimum Gasteiger partial charge on any atom is -0.354 e. The highest BCUT2D eigenvalue weighted by molar-refractivity contribution is 7.92. The van der Waals surface area contributed by atoms with Gasteiger partial charge in [0.2, 0.25) is 15.9 Å². The van der Waals surface area contributed by atoms with E-state index in [0.717, 1.165) is 16.8 Å². The monoisotopic (exact) mass is 368 g/mol. The molecule has 0 bridgehead atoms. The zero-order valence-corrected chi connectivity index (χ0v) is 17.3. The lowest BCUT2D eigenvalue weighted by molar-refractivity contribution is -0.121. The molecule has 0 saturated carbocycles. The Kier molecular flexibility index (Phi) is 7.47. The predicted molar refractivity (Wildman–Crippen MR) is 105 cm³/mol. The van der Waals surface area contributed by atoms with Gasteiger partial charge in [0.25, 0.3) is 0 Å². The number of sulfonamides is 1. The van der Waals surface area contributed by atoms with Crippen LogP contribution in [0, 0.1) is 0 Å². The summed E-state index contributed by atoms with van der Waals surface area (Å²) in [6.45, 7) is 12.1. The standard InChI is InChI=1S/C19H32N2O3S/c1-13(2)16-9-8-10-17(14(3)4)19(16)21(25(7,23)24)12-11-18(22)20-15(5)6/h8-10,13-15H,11-12H2,1-7H3,(H,20,22). The van der Waals surface area contributed by atoms with E-state index in [1.54, 1.807) is 0 Å². The van der Waals surface area contributed by atoms with Crippen LogP contribution >= 0.6 is 0 Å². The first-order valence-electron chi connectivity index (χ1n) is 8.85. The molecule has 1 aromatic carbocycles. The summed E-state index contributed by atoms with van der Waals surface area (Å²) < 4.78 is 26.4. The zero-order chi connectivity index (χ0) is 19.4. The molecule has 0 heterocycles. The Morgan fingerprint density at radius 3 is 1.88 bits per heavy atom. The highest BCUT2D eigenvalue weighted by Crippen LogP contribution is 2.36. The van der Waals surface area contributed by atoms with Gasteiger partial charge in [0.05, 0.1) is 11.9 Å². The van der Waals surface area contributed by atoms with Gasteiger partial charge in [-0.1, -0.05) is 45.9 Å². The summed E-state index contributed by atoms with van der Waals surface area (Å²) in [5.74, 6) is 0.224. The fourth-order valence-electron chi connectivity index (χ4n) is 2.84. The van der Waals surface area contributed by atoms with Gasteiger partial charge < -0.3 is 5.32 Å². The van der Waals surface area contributed by atoms with E-state index >= 15 is 0 Å². The van der Waals surface area contributed by atoms with Crippen LogP contribution in [-0.2, 0) is 14.8 Å². The van der Waals surface area contributed by atoms with E-state index in [9.17, 15) is 13.2 Å². The van der Waals surface area contributed by atoms with Gasteiger partial charge in [-0.15, -0.1) is 0 Å². The van der Waals surface area contributed by atoms with Crippen molar-refractivity contribution in [3.63, 3.8) is 0 Å². The summed E-state index contributed by atoms with van der Waals surface area (Å²) in [4.78, 5) is 12.0. The number of hydrogen-bond acceptors (Lipinski definition) is 3. The number of nitrogens with one attached hydrogen (secondary N) is 1. The Morgan fingerprint density at radius 2 is 1.52 bits per heavy atom. The van der Waals surface area contributed by atoms with Crippen molar-refractivity contribution in [2.75, 3.05) is 17.1 Å². The van der Waals surface area contributed by atoms with E-state index in [4.69, 9.17) is 0 Å². The van der Waals surface area contributed by atoms with Crippen molar-refractivity contribution < 1.29 is 13.2 Å². The van der Waals surface area contributed by atoms with Crippen LogP contribution in [0.25, 0.3) is 0 Å². The number of benzene rings is 1. The van der Waals surface area contributed by atoms with Crippen LogP contribution in [0.3, 0.4) is 0 Å². The summed E-state index contributed by atoms with van der Waals surface area (Å²) >= 11 is 0. The van der Waals surface area contributed by atoms with Gasteiger partial charge in [-0.05, 0) is 36.8 Å². The molecule has 0 unspecified atom stereocenters. The molecular weight excluding hydrogens is 336 g/mol. The van der Waals surface area contributed by atoms with E-state index < -0.39 is 10.0 Å². The first-order chi connectivity index (χ1) is 11.4. The van der Waals surface area contributed by atoms with E-state index in [0.29, 0.717) is 0 Å². The van der Waals surface area contributed by atoms with Gasteiger partial charge in [0, 0.05) is 19.0 Å².